The lowest BCUT2D eigenvalue weighted by Gasteiger charge is -2.26. The van der Waals surface area contributed by atoms with Crippen molar-refractivity contribution in [2.24, 2.45) is 17.3 Å². The molecule has 0 radical (unpaired) electrons. The van der Waals surface area contributed by atoms with Crippen LogP contribution in [0.5, 0.6) is 0 Å². The van der Waals surface area contributed by atoms with E-state index in [2.05, 4.69) is 41.5 Å². The average Bonchev–Trinajstić information content (AvgIpc) is 2.02. The highest BCUT2D eigenvalue weighted by molar-refractivity contribution is 5.78. The Kier molecular flexibility index (Phi) is 5.40. The molecule has 2 unspecified atom stereocenters. The summed E-state index contributed by atoms with van der Waals surface area (Å²) in [5.74, 6) is 1.47. The van der Waals surface area contributed by atoms with Crippen LogP contribution in [0.1, 0.15) is 60.8 Å². The van der Waals surface area contributed by atoms with Crippen LogP contribution in [0.4, 0.5) is 0 Å². The van der Waals surface area contributed by atoms with Crippen LogP contribution in [-0.4, -0.2) is 5.78 Å². The summed E-state index contributed by atoms with van der Waals surface area (Å²) < 4.78 is 0. The van der Waals surface area contributed by atoms with E-state index in [9.17, 15) is 4.79 Å². The molecule has 84 valence electrons. The zero-order chi connectivity index (χ0) is 11.4. The molecule has 0 N–H and O–H groups in total. The lowest BCUT2D eigenvalue weighted by Crippen LogP contribution is -2.21. The first-order valence-corrected chi connectivity index (χ1v) is 5.79. The van der Waals surface area contributed by atoms with Gasteiger partial charge >= 0.3 is 0 Å². The van der Waals surface area contributed by atoms with Crippen LogP contribution >= 0.6 is 0 Å². The van der Waals surface area contributed by atoms with E-state index >= 15 is 0 Å². The summed E-state index contributed by atoms with van der Waals surface area (Å²) in [4.78, 5) is 11.7. The summed E-state index contributed by atoms with van der Waals surface area (Å²) in [6.45, 7) is 13.1. The van der Waals surface area contributed by atoms with Crippen LogP contribution in [0.3, 0.4) is 0 Å². The van der Waals surface area contributed by atoms with Crippen molar-refractivity contribution >= 4 is 5.78 Å². The third kappa shape index (κ3) is 5.41. The van der Waals surface area contributed by atoms with E-state index in [0.29, 0.717) is 17.6 Å². The second-order valence-corrected chi connectivity index (χ2v) is 5.73. The lowest BCUT2D eigenvalue weighted by molar-refractivity contribution is -0.121. The minimum atomic E-state index is 0.255. The average molecular weight is 198 g/mol. The molecule has 0 saturated carbocycles. The Bertz CT molecular complexity index is 176. The topological polar surface area (TPSA) is 17.1 Å². The van der Waals surface area contributed by atoms with Gasteiger partial charge in [0.05, 0.1) is 0 Å². The van der Waals surface area contributed by atoms with Crippen molar-refractivity contribution in [2.45, 2.75) is 60.8 Å². The van der Waals surface area contributed by atoms with Gasteiger partial charge in [-0.3, -0.25) is 4.79 Å². The van der Waals surface area contributed by atoms with Gasteiger partial charge < -0.3 is 0 Å². The first kappa shape index (κ1) is 13.7. The smallest absolute Gasteiger partial charge is 0.133 e. The SMILES string of the molecule is CCC(C)CC(=O)CC(C)C(C)(C)C. The molecule has 0 bridgehead atoms. The molecule has 0 saturated heterocycles. The first-order chi connectivity index (χ1) is 6.27. The molecule has 1 heteroatoms. The molecule has 1 nitrogen and oxygen atoms in total. The number of carbonyl (C=O) groups excluding carboxylic acids is 1. The summed E-state index contributed by atoms with van der Waals surface area (Å²) in [5.41, 5.74) is 0.255. The fraction of sp³-hybridized carbons (Fsp3) is 0.923. The zero-order valence-electron chi connectivity index (χ0n) is 10.7. The Balaban J connectivity index is 3.95. The van der Waals surface area contributed by atoms with Gasteiger partial charge in [0.2, 0.25) is 0 Å². The monoisotopic (exact) mass is 198 g/mol. The zero-order valence-corrected chi connectivity index (χ0v) is 10.7. The molecule has 0 aromatic carbocycles. The van der Waals surface area contributed by atoms with Crippen LogP contribution in [-0.2, 0) is 4.79 Å². The van der Waals surface area contributed by atoms with Crippen molar-refractivity contribution in [2.75, 3.05) is 0 Å². The number of hydrogen-bond donors (Lipinski definition) is 0. The molecule has 0 spiro atoms. The molecule has 0 fully saturated rings. The normalized spacial score (nSPS) is 16.4. The minimum Gasteiger partial charge on any atom is -0.300 e. The van der Waals surface area contributed by atoms with Crippen molar-refractivity contribution in [1.82, 2.24) is 0 Å². The van der Waals surface area contributed by atoms with Gasteiger partial charge in [0.25, 0.3) is 0 Å². The second kappa shape index (κ2) is 5.53. The maximum absolute atomic E-state index is 11.7. The number of ketones is 1. The highest BCUT2D eigenvalue weighted by atomic mass is 16.1. The number of carbonyl (C=O) groups is 1. The fourth-order valence-corrected chi connectivity index (χ4v) is 1.26. The maximum Gasteiger partial charge on any atom is 0.133 e. The molecule has 0 aliphatic carbocycles. The van der Waals surface area contributed by atoms with Gasteiger partial charge in [0, 0.05) is 12.8 Å². The van der Waals surface area contributed by atoms with Crippen molar-refractivity contribution in [3.05, 3.63) is 0 Å². The van der Waals surface area contributed by atoms with Gasteiger partial charge in [-0.05, 0) is 17.3 Å². The summed E-state index contributed by atoms with van der Waals surface area (Å²) in [7, 11) is 0. The lowest BCUT2D eigenvalue weighted by atomic mass is 9.78. The van der Waals surface area contributed by atoms with Crippen LogP contribution in [0.15, 0.2) is 0 Å². The molecule has 14 heavy (non-hydrogen) atoms. The predicted molar refractivity (Wildman–Crippen MR) is 62.3 cm³/mol. The van der Waals surface area contributed by atoms with Crippen LogP contribution < -0.4 is 0 Å². The molecule has 0 aliphatic rings. The van der Waals surface area contributed by atoms with Crippen molar-refractivity contribution < 1.29 is 4.79 Å². The summed E-state index contributed by atoms with van der Waals surface area (Å²) in [5, 5.41) is 0. The van der Waals surface area contributed by atoms with E-state index in [4.69, 9.17) is 0 Å². The first-order valence-electron chi connectivity index (χ1n) is 5.79. The Morgan fingerprint density at radius 3 is 2.00 bits per heavy atom. The summed E-state index contributed by atoms with van der Waals surface area (Å²) >= 11 is 0. The van der Waals surface area contributed by atoms with E-state index in [1.807, 2.05) is 0 Å². The minimum absolute atomic E-state index is 0.255. The third-order valence-electron chi connectivity index (χ3n) is 3.29. The molecule has 2 atom stereocenters. The second-order valence-electron chi connectivity index (χ2n) is 5.73. The van der Waals surface area contributed by atoms with Crippen LogP contribution in [0.2, 0.25) is 0 Å². The highest BCUT2D eigenvalue weighted by Crippen LogP contribution is 2.29. The molecule has 0 aromatic rings. The molecule has 0 heterocycles. The van der Waals surface area contributed by atoms with Gasteiger partial charge in [-0.2, -0.15) is 0 Å². The number of rotatable bonds is 5. The Hall–Kier alpha value is -0.330. The molecule has 0 amide bonds. The Labute approximate surface area is 89.3 Å². The maximum atomic E-state index is 11.7. The fourth-order valence-electron chi connectivity index (χ4n) is 1.26. The molecule has 0 rings (SSSR count). The number of Topliss-reactive ketones (excluding diaryl/α,β-unsaturated/α-hetero) is 1. The molecule has 0 aliphatic heterocycles. The van der Waals surface area contributed by atoms with Crippen molar-refractivity contribution in [3.8, 4) is 0 Å². The van der Waals surface area contributed by atoms with Gasteiger partial charge in [0.1, 0.15) is 5.78 Å². The van der Waals surface area contributed by atoms with Crippen LogP contribution in [0.25, 0.3) is 0 Å². The van der Waals surface area contributed by atoms with Gasteiger partial charge in [-0.25, -0.2) is 0 Å². The third-order valence-corrected chi connectivity index (χ3v) is 3.29. The van der Waals surface area contributed by atoms with E-state index in [1.165, 1.54) is 0 Å². The number of hydrogen-bond acceptors (Lipinski definition) is 1. The van der Waals surface area contributed by atoms with Crippen LogP contribution in [0, 0.1) is 17.3 Å². The van der Waals surface area contributed by atoms with Crippen molar-refractivity contribution in [1.29, 1.82) is 0 Å². The van der Waals surface area contributed by atoms with E-state index in [0.717, 1.165) is 19.3 Å². The Morgan fingerprint density at radius 2 is 1.64 bits per heavy atom. The van der Waals surface area contributed by atoms with Gasteiger partial charge in [0.15, 0.2) is 0 Å². The summed E-state index contributed by atoms with van der Waals surface area (Å²) in [6.07, 6.45) is 2.61. The highest BCUT2D eigenvalue weighted by Gasteiger charge is 2.22. The Morgan fingerprint density at radius 1 is 1.14 bits per heavy atom. The van der Waals surface area contributed by atoms with E-state index < -0.39 is 0 Å². The summed E-state index contributed by atoms with van der Waals surface area (Å²) in [6, 6.07) is 0. The molecular formula is C13H26O. The largest absolute Gasteiger partial charge is 0.300 e. The van der Waals surface area contributed by atoms with Gasteiger partial charge in [-0.1, -0.05) is 48.0 Å². The molecular weight excluding hydrogens is 172 g/mol. The standard InChI is InChI=1S/C13H26O/c1-7-10(2)8-12(14)9-11(3)13(4,5)6/h10-11H,7-9H2,1-6H3. The van der Waals surface area contributed by atoms with E-state index in [-0.39, 0.29) is 5.41 Å². The molecule has 0 aromatic heterocycles. The van der Waals surface area contributed by atoms with Gasteiger partial charge in [-0.15, -0.1) is 0 Å². The quantitative estimate of drug-likeness (QED) is 0.651. The van der Waals surface area contributed by atoms with Crippen molar-refractivity contribution in [3.63, 3.8) is 0 Å². The predicted octanol–water partition coefficient (Wildman–Crippen LogP) is 4.06. The van der Waals surface area contributed by atoms with E-state index in [1.54, 1.807) is 0 Å².